The number of rotatable bonds is 4. The molecule has 20 heavy (non-hydrogen) atoms. The Labute approximate surface area is 111 Å². The number of hydrogen-bond acceptors (Lipinski definition) is 3. The lowest BCUT2D eigenvalue weighted by atomic mass is 10.2. The highest BCUT2D eigenvalue weighted by molar-refractivity contribution is 5.87. The number of aromatic nitrogens is 1. The predicted molar refractivity (Wildman–Crippen MR) is 63.5 cm³/mol. The van der Waals surface area contributed by atoms with Crippen molar-refractivity contribution in [2.75, 3.05) is 0 Å². The first-order valence-corrected chi connectivity index (χ1v) is 5.39. The van der Waals surface area contributed by atoms with Gasteiger partial charge in [-0.25, -0.2) is 13.6 Å². The van der Waals surface area contributed by atoms with Crippen LogP contribution in [0.3, 0.4) is 0 Å². The zero-order chi connectivity index (χ0) is 14.9. The van der Waals surface area contributed by atoms with Crippen LogP contribution in [0, 0.1) is 21.7 Å². The monoisotopic (exact) mass is 282 g/mol. The van der Waals surface area contributed by atoms with E-state index >= 15 is 0 Å². The molecule has 0 saturated carbocycles. The minimum Gasteiger partial charge on any atom is -0.477 e. The first-order valence-electron chi connectivity index (χ1n) is 5.39. The zero-order valence-corrected chi connectivity index (χ0v) is 9.92. The van der Waals surface area contributed by atoms with Crippen molar-refractivity contribution in [3.8, 4) is 0 Å². The molecule has 1 N–H and O–H groups in total. The molecule has 0 unspecified atom stereocenters. The molecule has 0 spiro atoms. The van der Waals surface area contributed by atoms with Gasteiger partial charge in [0.2, 0.25) is 0 Å². The Balaban J connectivity index is 2.41. The molecule has 0 aliphatic rings. The van der Waals surface area contributed by atoms with Crippen molar-refractivity contribution in [3.05, 3.63) is 63.5 Å². The first kappa shape index (κ1) is 13.7. The fourth-order valence-corrected chi connectivity index (χ4v) is 1.80. The highest BCUT2D eigenvalue weighted by atomic mass is 19.1. The topological polar surface area (TPSA) is 85.4 Å². The average molecular weight is 282 g/mol. The third-order valence-corrected chi connectivity index (χ3v) is 2.59. The van der Waals surface area contributed by atoms with E-state index in [0.29, 0.717) is 6.07 Å². The molecule has 1 aromatic carbocycles. The number of carboxylic acid groups (broad SMARTS) is 1. The summed E-state index contributed by atoms with van der Waals surface area (Å²) in [7, 11) is 0. The molecule has 0 aliphatic carbocycles. The van der Waals surface area contributed by atoms with Crippen molar-refractivity contribution < 1.29 is 23.6 Å². The molecule has 104 valence electrons. The van der Waals surface area contributed by atoms with Gasteiger partial charge in [0.25, 0.3) is 5.69 Å². The number of nitro groups is 1. The van der Waals surface area contributed by atoms with Crippen LogP contribution < -0.4 is 0 Å². The summed E-state index contributed by atoms with van der Waals surface area (Å²) in [5, 5.41) is 19.6. The van der Waals surface area contributed by atoms with Crippen LogP contribution in [-0.4, -0.2) is 20.6 Å². The molecule has 0 amide bonds. The van der Waals surface area contributed by atoms with Crippen LogP contribution in [0.4, 0.5) is 14.5 Å². The fraction of sp³-hybridized carbons (Fsp3) is 0.0833. The van der Waals surface area contributed by atoms with Gasteiger partial charge in [-0.05, 0) is 17.7 Å². The summed E-state index contributed by atoms with van der Waals surface area (Å²) < 4.78 is 27.1. The SMILES string of the molecule is O=C(O)c1cc([N+](=O)[O-])cn1Cc1cc(F)cc(F)c1. The van der Waals surface area contributed by atoms with E-state index in [4.69, 9.17) is 5.11 Å². The van der Waals surface area contributed by atoms with Crippen molar-refractivity contribution in [2.45, 2.75) is 6.54 Å². The van der Waals surface area contributed by atoms with Crippen LogP contribution in [0.2, 0.25) is 0 Å². The van der Waals surface area contributed by atoms with Gasteiger partial charge >= 0.3 is 5.97 Å². The normalized spacial score (nSPS) is 10.5. The molecule has 0 fully saturated rings. The Morgan fingerprint density at radius 3 is 2.35 bits per heavy atom. The van der Waals surface area contributed by atoms with Gasteiger partial charge in [-0.1, -0.05) is 0 Å². The number of carbonyl (C=O) groups is 1. The number of nitrogens with zero attached hydrogens (tertiary/aromatic N) is 2. The molecule has 2 aromatic rings. The number of benzene rings is 1. The van der Waals surface area contributed by atoms with Gasteiger partial charge in [0, 0.05) is 18.7 Å². The second kappa shape index (κ2) is 5.08. The van der Waals surface area contributed by atoms with Crippen LogP contribution in [0.5, 0.6) is 0 Å². The minimum absolute atomic E-state index is 0.162. The van der Waals surface area contributed by atoms with Crippen molar-refractivity contribution in [1.82, 2.24) is 4.57 Å². The second-order valence-electron chi connectivity index (χ2n) is 4.05. The maximum atomic E-state index is 13.0. The molecule has 0 bridgehead atoms. The Morgan fingerprint density at radius 1 is 1.25 bits per heavy atom. The van der Waals surface area contributed by atoms with E-state index < -0.39 is 28.2 Å². The van der Waals surface area contributed by atoms with Gasteiger partial charge in [-0.3, -0.25) is 10.1 Å². The van der Waals surface area contributed by atoms with Crippen molar-refractivity contribution in [3.63, 3.8) is 0 Å². The minimum atomic E-state index is -1.37. The Kier molecular flexibility index (Phi) is 3.47. The lowest BCUT2D eigenvalue weighted by Crippen LogP contribution is -2.08. The first-order chi connectivity index (χ1) is 9.36. The summed E-state index contributed by atoms with van der Waals surface area (Å²) in [4.78, 5) is 20.9. The second-order valence-corrected chi connectivity index (χ2v) is 4.05. The molecule has 1 aromatic heterocycles. The zero-order valence-electron chi connectivity index (χ0n) is 9.92. The molecule has 2 rings (SSSR count). The van der Waals surface area contributed by atoms with Crippen LogP contribution in [0.1, 0.15) is 16.1 Å². The summed E-state index contributed by atoms with van der Waals surface area (Å²) in [6, 6.07) is 3.62. The highest BCUT2D eigenvalue weighted by Crippen LogP contribution is 2.19. The lowest BCUT2D eigenvalue weighted by Gasteiger charge is -2.06. The molecule has 6 nitrogen and oxygen atoms in total. The third kappa shape index (κ3) is 2.79. The number of aromatic carboxylic acids is 1. The lowest BCUT2D eigenvalue weighted by molar-refractivity contribution is -0.384. The molecule has 0 radical (unpaired) electrons. The van der Waals surface area contributed by atoms with Gasteiger partial charge in [0.15, 0.2) is 0 Å². The fourth-order valence-electron chi connectivity index (χ4n) is 1.80. The number of hydrogen-bond donors (Lipinski definition) is 1. The van der Waals surface area contributed by atoms with E-state index in [1.165, 1.54) is 0 Å². The Bertz CT molecular complexity index is 677. The van der Waals surface area contributed by atoms with Gasteiger partial charge < -0.3 is 9.67 Å². The number of carboxylic acids is 1. The van der Waals surface area contributed by atoms with Crippen molar-refractivity contribution >= 4 is 11.7 Å². The predicted octanol–water partition coefficient (Wildman–Crippen LogP) is 2.42. The average Bonchev–Trinajstić information content (AvgIpc) is 2.71. The quantitative estimate of drug-likeness (QED) is 0.689. The summed E-state index contributed by atoms with van der Waals surface area (Å²) in [6.45, 7) is -0.190. The Morgan fingerprint density at radius 2 is 1.85 bits per heavy atom. The molecular weight excluding hydrogens is 274 g/mol. The van der Waals surface area contributed by atoms with Gasteiger partial charge in [-0.2, -0.15) is 0 Å². The van der Waals surface area contributed by atoms with Gasteiger partial charge in [-0.15, -0.1) is 0 Å². The Hall–Kier alpha value is -2.77. The molecule has 0 saturated heterocycles. The van der Waals surface area contributed by atoms with Crippen molar-refractivity contribution in [1.29, 1.82) is 0 Å². The summed E-state index contributed by atoms with van der Waals surface area (Å²) >= 11 is 0. The molecule has 0 atom stereocenters. The van der Waals surface area contributed by atoms with E-state index in [1.807, 2.05) is 0 Å². The number of halogens is 2. The molecular formula is C12H8F2N2O4. The summed E-state index contributed by atoms with van der Waals surface area (Å²) in [6.07, 6.45) is 1.01. The van der Waals surface area contributed by atoms with E-state index in [0.717, 1.165) is 29.0 Å². The maximum Gasteiger partial charge on any atom is 0.352 e. The van der Waals surface area contributed by atoms with E-state index in [1.54, 1.807) is 0 Å². The van der Waals surface area contributed by atoms with E-state index in [-0.39, 0.29) is 17.8 Å². The van der Waals surface area contributed by atoms with Crippen LogP contribution >= 0.6 is 0 Å². The van der Waals surface area contributed by atoms with Crippen LogP contribution in [0.15, 0.2) is 30.5 Å². The van der Waals surface area contributed by atoms with Crippen LogP contribution in [0.25, 0.3) is 0 Å². The van der Waals surface area contributed by atoms with Gasteiger partial charge in [0.05, 0.1) is 11.1 Å². The van der Waals surface area contributed by atoms with Crippen LogP contribution in [-0.2, 0) is 6.54 Å². The smallest absolute Gasteiger partial charge is 0.352 e. The summed E-state index contributed by atoms with van der Waals surface area (Å²) in [5.74, 6) is -2.98. The molecule has 0 aliphatic heterocycles. The standard InChI is InChI=1S/C12H8F2N2O4/c13-8-1-7(2-9(14)3-8)5-15-6-10(16(19)20)4-11(15)12(17)18/h1-4,6H,5H2,(H,17,18). The summed E-state index contributed by atoms with van der Waals surface area (Å²) in [5.41, 5.74) is -0.573. The maximum absolute atomic E-state index is 13.0. The van der Waals surface area contributed by atoms with Crippen molar-refractivity contribution in [2.24, 2.45) is 0 Å². The highest BCUT2D eigenvalue weighted by Gasteiger charge is 2.19. The van der Waals surface area contributed by atoms with E-state index in [2.05, 4.69) is 0 Å². The molecule has 8 heteroatoms. The largest absolute Gasteiger partial charge is 0.477 e. The van der Waals surface area contributed by atoms with Gasteiger partial charge in [0.1, 0.15) is 17.3 Å². The van der Waals surface area contributed by atoms with E-state index in [9.17, 15) is 23.7 Å². The molecule has 1 heterocycles. The third-order valence-electron chi connectivity index (χ3n) is 2.59.